The summed E-state index contributed by atoms with van der Waals surface area (Å²) in [5.41, 5.74) is 0.849. The number of nitrogens with one attached hydrogen (secondary N) is 1. The van der Waals surface area contributed by atoms with Crippen molar-refractivity contribution in [3.63, 3.8) is 0 Å². The van der Waals surface area contributed by atoms with Crippen molar-refractivity contribution in [2.24, 2.45) is 0 Å². The average molecular weight is 371 g/mol. The molecule has 3 rings (SSSR count). The van der Waals surface area contributed by atoms with E-state index < -0.39 is 0 Å². The summed E-state index contributed by atoms with van der Waals surface area (Å²) in [7, 11) is 0. The van der Waals surface area contributed by atoms with Crippen molar-refractivity contribution in [3.8, 4) is 5.69 Å². The molecule has 0 spiro atoms. The van der Waals surface area contributed by atoms with Crippen molar-refractivity contribution >= 4 is 23.5 Å². The number of hydrogen-bond acceptors (Lipinski definition) is 6. The number of thioether (sulfide) groups is 1. The topological polar surface area (TPSA) is 90.5 Å². The van der Waals surface area contributed by atoms with Crippen molar-refractivity contribution in [1.29, 1.82) is 0 Å². The maximum Gasteiger partial charge on any atom is 0.238 e. The van der Waals surface area contributed by atoms with Crippen LogP contribution in [-0.4, -0.2) is 41.1 Å². The zero-order valence-electron chi connectivity index (χ0n) is 14.9. The summed E-state index contributed by atoms with van der Waals surface area (Å²) in [6.07, 6.45) is 2.62. The van der Waals surface area contributed by atoms with Crippen LogP contribution in [0.4, 0.5) is 5.82 Å². The van der Waals surface area contributed by atoms with Crippen molar-refractivity contribution < 1.29 is 4.79 Å². The van der Waals surface area contributed by atoms with Gasteiger partial charge in [-0.2, -0.15) is 9.78 Å². The fourth-order valence-electron chi connectivity index (χ4n) is 2.36. The van der Waals surface area contributed by atoms with Crippen molar-refractivity contribution in [3.05, 3.63) is 42.6 Å². The number of para-hydroxylation sites is 1. The van der Waals surface area contributed by atoms with Crippen LogP contribution in [0.25, 0.3) is 5.69 Å². The van der Waals surface area contributed by atoms with Crippen LogP contribution in [0.5, 0.6) is 0 Å². The molecule has 1 amide bonds. The van der Waals surface area contributed by atoms with Crippen LogP contribution in [0, 0.1) is 0 Å². The Morgan fingerprint density at radius 2 is 2.00 bits per heavy atom. The molecule has 0 bridgehead atoms. The van der Waals surface area contributed by atoms with Gasteiger partial charge >= 0.3 is 0 Å². The Morgan fingerprint density at radius 3 is 2.73 bits per heavy atom. The lowest BCUT2D eigenvalue weighted by atomic mass is 10.3. The maximum absolute atomic E-state index is 12.6. The molecule has 0 saturated carbocycles. The van der Waals surface area contributed by atoms with E-state index >= 15 is 0 Å². The van der Waals surface area contributed by atoms with Crippen LogP contribution in [0.3, 0.4) is 0 Å². The van der Waals surface area contributed by atoms with Gasteiger partial charge in [-0.3, -0.25) is 4.79 Å². The molecule has 0 aliphatic carbocycles. The van der Waals surface area contributed by atoms with E-state index in [-0.39, 0.29) is 17.2 Å². The van der Waals surface area contributed by atoms with Gasteiger partial charge in [0.05, 0.1) is 23.2 Å². The molecule has 3 aromatic rings. The lowest BCUT2D eigenvalue weighted by Crippen LogP contribution is -2.25. The number of amides is 1. The van der Waals surface area contributed by atoms with Crippen molar-refractivity contribution in [2.45, 2.75) is 43.6 Å². The smallest absolute Gasteiger partial charge is 0.238 e. The standard InChI is InChI=1S/C17H21N7OS/c1-4-12(2)23-15(10-11-18-23)19-16(25)13(3)26-17-20-21-22-24(17)14-8-6-5-7-9-14/h5-13H,4H2,1-3H3,(H,19,25)/t12-,13-/m1/s1. The quantitative estimate of drug-likeness (QED) is 0.642. The fraction of sp³-hybridized carbons (Fsp3) is 0.353. The predicted molar refractivity (Wildman–Crippen MR) is 100 cm³/mol. The van der Waals surface area contributed by atoms with E-state index in [0.717, 1.165) is 12.1 Å². The summed E-state index contributed by atoms with van der Waals surface area (Å²) in [6.45, 7) is 5.97. The van der Waals surface area contributed by atoms with E-state index in [1.165, 1.54) is 11.8 Å². The molecule has 0 saturated heterocycles. The van der Waals surface area contributed by atoms with Gasteiger partial charge in [0.25, 0.3) is 0 Å². The zero-order chi connectivity index (χ0) is 18.5. The van der Waals surface area contributed by atoms with Gasteiger partial charge in [0, 0.05) is 6.07 Å². The van der Waals surface area contributed by atoms with Gasteiger partial charge in [0.1, 0.15) is 5.82 Å². The minimum absolute atomic E-state index is 0.123. The summed E-state index contributed by atoms with van der Waals surface area (Å²) in [5.74, 6) is 0.571. The molecule has 0 radical (unpaired) electrons. The first-order valence-electron chi connectivity index (χ1n) is 8.45. The van der Waals surface area contributed by atoms with E-state index in [9.17, 15) is 4.79 Å². The highest BCUT2D eigenvalue weighted by Crippen LogP contribution is 2.24. The second kappa shape index (κ2) is 8.13. The molecule has 0 fully saturated rings. The second-order valence-electron chi connectivity index (χ2n) is 5.88. The van der Waals surface area contributed by atoms with E-state index in [0.29, 0.717) is 11.0 Å². The highest BCUT2D eigenvalue weighted by atomic mass is 32.2. The van der Waals surface area contributed by atoms with E-state index in [1.54, 1.807) is 16.9 Å². The first kappa shape index (κ1) is 18.1. The third-order valence-corrected chi connectivity index (χ3v) is 5.06. The number of carbonyl (C=O) groups is 1. The molecule has 0 unspecified atom stereocenters. The average Bonchev–Trinajstić information content (AvgIpc) is 3.31. The molecular weight excluding hydrogens is 350 g/mol. The lowest BCUT2D eigenvalue weighted by Gasteiger charge is -2.16. The Kier molecular flexibility index (Phi) is 5.67. The molecule has 2 atom stereocenters. The number of anilines is 1. The summed E-state index contributed by atoms with van der Waals surface area (Å²) in [5, 5.41) is 19.2. The number of aromatic nitrogens is 6. The molecule has 26 heavy (non-hydrogen) atoms. The summed E-state index contributed by atoms with van der Waals surface area (Å²) in [4.78, 5) is 12.6. The summed E-state index contributed by atoms with van der Waals surface area (Å²) in [6, 6.07) is 11.6. The Morgan fingerprint density at radius 1 is 1.23 bits per heavy atom. The third-order valence-electron chi connectivity index (χ3n) is 4.02. The van der Waals surface area contributed by atoms with Crippen LogP contribution >= 0.6 is 11.8 Å². The summed E-state index contributed by atoms with van der Waals surface area (Å²) >= 11 is 1.31. The normalized spacial score (nSPS) is 13.3. The van der Waals surface area contributed by atoms with E-state index in [1.807, 2.05) is 41.9 Å². The maximum atomic E-state index is 12.6. The molecule has 9 heteroatoms. The fourth-order valence-corrected chi connectivity index (χ4v) is 3.17. The second-order valence-corrected chi connectivity index (χ2v) is 7.18. The lowest BCUT2D eigenvalue weighted by molar-refractivity contribution is -0.115. The number of carbonyl (C=O) groups excluding carboxylic acids is 1. The van der Waals surface area contributed by atoms with Gasteiger partial charge in [-0.25, -0.2) is 4.68 Å². The SMILES string of the molecule is CC[C@@H](C)n1nccc1NC(=O)[C@@H](C)Sc1nnnn1-c1ccccc1. The predicted octanol–water partition coefficient (Wildman–Crippen LogP) is 2.95. The van der Waals surface area contributed by atoms with Crippen LogP contribution in [0.2, 0.25) is 0 Å². The third kappa shape index (κ3) is 3.93. The molecule has 2 heterocycles. The van der Waals surface area contributed by atoms with E-state index in [2.05, 4.69) is 39.8 Å². The van der Waals surface area contributed by atoms with Crippen LogP contribution in [-0.2, 0) is 4.79 Å². The molecule has 0 aliphatic heterocycles. The summed E-state index contributed by atoms with van der Waals surface area (Å²) < 4.78 is 3.45. The van der Waals surface area contributed by atoms with Gasteiger partial charge in [0.15, 0.2) is 0 Å². The first-order chi connectivity index (χ1) is 12.6. The van der Waals surface area contributed by atoms with Gasteiger partial charge in [-0.15, -0.1) is 5.10 Å². The number of hydrogen-bond donors (Lipinski definition) is 1. The number of tetrazole rings is 1. The first-order valence-corrected chi connectivity index (χ1v) is 9.33. The minimum Gasteiger partial charge on any atom is -0.310 e. The van der Waals surface area contributed by atoms with E-state index in [4.69, 9.17) is 0 Å². The van der Waals surface area contributed by atoms with Gasteiger partial charge in [0.2, 0.25) is 11.1 Å². The highest BCUT2D eigenvalue weighted by molar-refractivity contribution is 8.00. The number of benzene rings is 1. The van der Waals surface area contributed by atoms with Crippen molar-refractivity contribution in [2.75, 3.05) is 5.32 Å². The molecule has 8 nitrogen and oxygen atoms in total. The Hall–Kier alpha value is -2.68. The largest absolute Gasteiger partial charge is 0.310 e. The highest BCUT2D eigenvalue weighted by Gasteiger charge is 2.21. The van der Waals surface area contributed by atoms with Gasteiger partial charge in [-0.05, 0) is 42.8 Å². The Bertz CT molecular complexity index is 861. The molecule has 2 aromatic heterocycles. The zero-order valence-corrected chi connectivity index (χ0v) is 15.7. The molecule has 1 aromatic carbocycles. The van der Waals surface area contributed by atoms with Crippen LogP contribution in [0.15, 0.2) is 47.8 Å². The monoisotopic (exact) mass is 371 g/mol. The van der Waals surface area contributed by atoms with Crippen LogP contribution < -0.4 is 5.32 Å². The number of nitrogens with zero attached hydrogens (tertiary/aromatic N) is 6. The molecule has 136 valence electrons. The van der Waals surface area contributed by atoms with Gasteiger partial charge in [-0.1, -0.05) is 36.9 Å². The number of rotatable bonds is 7. The molecular formula is C17H21N7OS. The van der Waals surface area contributed by atoms with Crippen molar-refractivity contribution in [1.82, 2.24) is 30.0 Å². The molecule has 0 aliphatic rings. The van der Waals surface area contributed by atoms with Crippen LogP contribution in [0.1, 0.15) is 33.2 Å². The Balaban J connectivity index is 1.70. The Labute approximate surface area is 156 Å². The molecule has 1 N–H and O–H groups in total. The van der Waals surface area contributed by atoms with Gasteiger partial charge < -0.3 is 5.32 Å². The minimum atomic E-state index is -0.372.